The summed E-state index contributed by atoms with van der Waals surface area (Å²) in [7, 11) is 3.76. The van der Waals surface area contributed by atoms with E-state index in [0.29, 0.717) is 13.2 Å². The molecule has 0 bridgehead atoms. The average molecular weight is 230 g/mol. The van der Waals surface area contributed by atoms with Gasteiger partial charge in [0.15, 0.2) is 0 Å². The Hall–Kier alpha value is -0.940. The molecular formula is C11H22N2O3. The van der Waals surface area contributed by atoms with Gasteiger partial charge in [-0.2, -0.15) is 0 Å². The first-order valence-corrected chi connectivity index (χ1v) is 5.60. The van der Waals surface area contributed by atoms with Crippen LogP contribution in [-0.4, -0.2) is 57.0 Å². The van der Waals surface area contributed by atoms with Gasteiger partial charge in [0.1, 0.15) is 5.78 Å². The molecule has 16 heavy (non-hydrogen) atoms. The zero-order valence-corrected chi connectivity index (χ0v) is 10.4. The Morgan fingerprint density at radius 1 is 1.31 bits per heavy atom. The smallest absolute Gasteiger partial charge is 0.306 e. The van der Waals surface area contributed by atoms with Gasteiger partial charge in [-0.1, -0.05) is 0 Å². The number of rotatable bonds is 9. The van der Waals surface area contributed by atoms with Crippen LogP contribution in [0, 0.1) is 0 Å². The standard InChI is InChI=1S/C11H22N2O3/c1-4-16-11(15)6-5-10(14)9-13(3)8-7-12-2/h12H,4-9H2,1-3H3. The summed E-state index contributed by atoms with van der Waals surface area (Å²) in [5, 5.41) is 3.01. The minimum Gasteiger partial charge on any atom is -0.466 e. The largest absolute Gasteiger partial charge is 0.466 e. The van der Waals surface area contributed by atoms with Gasteiger partial charge in [0.2, 0.25) is 0 Å². The third-order valence-corrected chi connectivity index (χ3v) is 2.10. The molecule has 0 radical (unpaired) electrons. The number of likely N-dealkylation sites (N-methyl/N-ethyl adjacent to an activating group) is 2. The molecule has 5 heteroatoms. The zero-order valence-electron chi connectivity index (χ0n) is 10.4. The van der Waals surface area contributed by atoms with E-state index >= 15 is 0 Å². The number of ether oxygens (including phenoxy) is 1. The number of Topliss-reactive ketones (excluding diaryl/α,β-unsaturated/α-hetero) is 1. The Morgan fingerprint density at radius 3 is 2.56 bits per heavy atom. The molecule has 0 aliphatic heterocycles. The maximum atomic E-state index is 11.5. The molecule has 0 amide bonds. The summed E-state index contributed by atoms with van der Waals surface area (Å²) in [6.07, 6.45) is 0.454. The van der Waals surface area contributed by atoms with E-state index in [-0.39, 0.29) is 24.6 Å². The molecule has 0 saturated heterocycles. The Morgan fingerprint density at radius 2 is 2.00 bits per heavy atom. The highest BCUT2D eigenvalue weighted by Crippen LogP contribution is 1.96. The number of nitrogens with zero attached hydrogens (tertiary/aromatic N) is 1. The lowest BCUT2D eigenvalue weighted by atomic mass is 10.2. The SMILES string of the molecule is CCOC(=O)CCC(=O)CN(C)CCNC. The van der Waals surface area contributed by atoms with Crippen LogP contribution in [0.15, 0.2) is 0 Å². The van der Waals surface area contributed by atoms with E-state index in [0.717, 1.165) is 13.1 Å². The van der Waals surface area contributed by atoms with Crippen molar-refractivity contribution in [3.8, 4) is 0 Å². The second-order valence-electron chi connectivity index (χ2n) is 3.69. The van der Waals surface area contributed by atoms with Crippen LogP contribution in [-0.2, 0) is 14.3 Å². The van der Waals surface area contributed by atoms with E-state index in [4.69, 9.17) is 4.74 Å². The highest BCUT2D eigenvalue weighted by atomic mass is 16.5. The van der Waals surface area contributed by atoms with Crippen LogP contribution in [0.4, 0.5) is 0 Å². The minimum absolute atomic E-state index is 0.0756. The third-order valence-electron chi connectivity index (χ3n) is 2.10. The number of esters is 1. The number of carbonyl (C=O) groups is 2. The van der Waals surface area contributed by atoms with Crippen molar-refractivity contribution in [2.75, 3.05) is 40.3 Å². The van der Waals surface area contributed by atoms with Crippen LogP contribution in [0.25, 0.3) is 0 Å². The minimum atomic E-state index is -0.297. The monoisotopic (exact) mass is 230 g/mol. The van der Waals surface area contributed by atoms with Gasteiger partial charge in [0, 0.05) is 19.5 Å². The molecule has 0 fully saturated rings. The van der Waals surface area contributed by atoms with Crippen LogP contribution in [0.2, 0.25) is 0 Å². The molecule has 1 N–H and O–H groups in total. The third kappa shape index (κ3) is 8.38. The molecule has 0 rings (SSSR count). The van der Waals surface area contributed by atoms with Crippen molar-refractivity contribution in [1.82, 2.24) is 10.2 Å². The molecule has 0 aromatic heterocycles. The van der Waals surface area contributed by atoms with Gasteiger partial charge in [0.05, 0.1) is 19.6 Å². The first-order valence-electron chi connectivity index (χ1n) is 5.60. The molecule has 0 spiro atoms. The van der Waals surface area contributed by atoms with E-state index in [1.54, 1.807) is 6.92 Å². The van der Waals surface area contributed by atoms with Crippen molar-refractivity contribution in [1.29, 1.82) is 0 Å². The summed E-state index contributed by atoms with van der Waals surface area (Å²) < 4.78 is 4.75. The summed E-state index contributed by atoms with van der Waals surface area (Å²) in [4.78, 5) is 24.4. The van der Waals surface area contributed by atoms with Gasteiger partial charge in [-0.15, -0.1) is 0 Å². The molecule has 0 heterocycles. The van der Waals surface area contributed by atoms with Crippen molar-refractivity contribution >= 4 is 11.8 Å². The van der Waals surface area contributed by atoms with Crippen LogP contribution >= 0.6 is 0 Å². The number of hydrogen-bond acceptors (Lipinski definition) is 5. The average Bonchev–Trinajstić information content (AvgIpc) is 2.24. The number of ketones is 1. The summed E-state index contributed by atoms with van der Waals surface area (Å²) >= 11 is 0. The fraction of sp³-hybridized carbons (Fsp3) is 0.818. The Balaban J connectivity index is 3.61. The molecule has 0 aromatic rings. The van der Waals surface area contributed by atoms with E-state index in [9.17, 15) is 9.59 Å². The predicted molar refractivity (Wildman–Crippen MR) is 62.3 cm³/mol. The molecule has 0 unspecified atom stereocenters. The highest BCUT2D eigenvalue weighted by Gasteiger charge is 2.09. The van der Waals surface area contributed by atoms with Gasteiger partial charge in [0.25, 0.3) is 0 Å². The Bertz CT molecular complexity index is 219. The van der Waals surface area contributed by atoms with Crippen molar-refractivity contribution in [2.45, 2.75) is 19.8 Å². The molecule has 0 saturated carbocycles. The molecule has 0 aliphatic rings. The number of nitrogens with one attached hydrogen (secondary N) is 1. The Labute approximate surface area is 97.1 Å². The summed E-state index contributed by atoms with van der Waals surface area (Å²) in [6.45, 7) is 4.19. The Kier molecular flexibility index (Phi) is 8.75. The molecule has 0 aliphatic carbocycles. The van der Waals surface area contributed by atoms with E-state index < -0.39 is 0 Å². The number of carbonyl (C=O) groups excluding carboxylic acids is 2. The first kappa shape index (κ1) is 15.1. The summed E-state index contributed by atoms with van der Waals surface area (Å²) in [6, 6.07) is 0. The molecule has 0 atom stereocenters. The molecular weight excluding hydrogens is 208 g/mol. The molecule has 0 aromatic carbocycles. The van der Waals surface area contributed by atoms with Crippen molar-refractivity contribution in [3.05, 3.63) is 0 Å². The van der Waals surface area contributed by atoms with Gasteiger partial charge >= 0.3 is 5.97 Å². The fourth-order valence-corrected chi connectivity index (χ4v) is 1.24. The van der Waals surface area contributed by atoms with Crippen LogP contribution in [0.1, 0.15) is 19.8 Å². The predicted octanol–water partition coefficient (Wildman–Crippen LogP) is 0.0500. The second kappa shape index (κ2) is 9.30. The van der Waals surface area contributed by atoms with Crippen molar-refractivity contribution < 1.29 is 14.3 Å². The van der Waals surface area contributed by atoms with Crippen molar-refractivity contribution in [3.63, 3.8) is 0 Å². The van der Waals surface area contributed by atoms with Gasteiger partial charge in [-0.3, -0.25) is 14.5 Å². The lowest BCUT2D eigenvalue weighted by Gasteiger charge is -2.14. The van der Waals surface area contributed by atoms with Crippen LogP contribution in [0.5, 0.6) is 0 Å². The van der Waals surface area contributed by atoms with Gasteiger partial charge in [-0.25, -0.2) is 0 Å². The first-order chi connectivity index (χ1) is 7.60. The normalized spacial score (nSPS) is 10.5. The molecule has 5 nitrogen and oxygen atoms in total. The highest BCUT2D eigenvalue weighted by molar-refractivity contribution is 5.84. The number of hydrogen-bond donors (Lipinski definition) is 1. The quantitative estimate of drug-likeness (QED) is 0.567. The lowest BCUT2D eigenvalue weighted by Crippen LogP contribution is -2.32. The van der Waals surface area contributed by atoms with E-state index in [1.807, 2.05) is 19.0 Å². The zero-order chi connectivity index (χ0) is 12.4. The maximum absolute atomic E-state index is 11.5. The summed E-state index contributed by atoms with van der Waals surface area (Å²) in [5.41, 5.74) is 0. The van der Waals surface area contributed by atoms with Gasteiger partial charge < -0.3 is 10.1 Å². The van der Waals surface area contributed by atoms with Crippen LogP contribution < -0.4 is 5.32 Å². The topological polar surface area (TPSA) is 58.6 Å². The molecule has 94 valence electrons. The van der Waals surface area contributed by atoms with E-state index in [2.05, 4.69) is 5.32 Å². The fourth-order valence-electron chi connectivity index (χ4n) is 1.24. The maximum Gasteiger partial charge on any atom is 0.306 e. The lowest BCUT2D eigenvalue weighted by molar-refractivity contribution is -0.144. The van der Waals surface area contributed by atoms with E-state index in [1.165, 1.54) is 0 Å². The summed E-state index contributed by atoms with van der Waals surface area (Å²) in [5.74, 6) is -0.222. The van der Waals surface area contributed by atoms with Crippen molar-refractivity contribution in [2.24, 2.45) is 0 Å². The second-order valence-corrected chi connectivity index (χ2v) is 3.69. The van der Waals surface area contributed by atoms with Crippen LogP contribution in [0.3, 0.4) is 0 Å². The van der Waals surface area contributed by atoms with Gasteiger partial charge in [-0.05, 0) is 21.0 Å².